The molecule has 1 rings (SSSR count). The van der Waals surface area contributed by atoms with Gasteiger partial charge in [-0.2, -0.15) is 0 Å². The minimum absolute atomic E-state index is 0.0736. The number of ether oxygens (including phenoxy) is 12. The Bertz CT molecular complexity index is 1120. The van der Waals surface area contributed by atoms with Gasteiger partial charge < -0.3 is 72.1 Å². The number of hydrogen-bond donors (Lipinski definition) is 2. The number of carbonyl (C=O) groups is 5. The number of esters is 2. The minimum atomic E-state index is -1.16. The number of rotatable bonds is 45. The van der Waals surface area contributed by atoms with Crippen molar-refractivity contribution in [3.05, 3.63) is 0 Å². The normalized spacial score (nSPS) is 13.7. The van der Waals surface area contributed by atoms with E-state index >= 15 is 0 Å². The van der Waals surface area contributed by atoms with Gasteiger partial charge in [-0.15, -0.1) is 5.06 Å². The highest BCUT2D eigenvalue weighted by Gasteiger charge is 2.33. The SMILES string of the molecule is CCCCCC(=O)OCCOCCOCCOCCOCC(COCCOCCOCCOCCOC(=O)CCCCC)OC(=O)NCCCCCCOC(=O)ON1C(=O)CCC1O. The van der Waals surface area contributed by atoms with Crippen molar-refractivity contribution in [2.75, 3.05) is 132 Å². The van der Waals surface area contributed by atoms with Crippen LogP contribution in [-0.4, -0.2) is 185 Å². The zero-order valence-corrected chi connectivity index (χ0v) is 38.4. The lowest BCUT2D eigenvalue weighted by atomic mass is 10.2. The summed E-state index contributed by atoms with van der Waals surface area (Å²) < 4.78 is 65.1. The Morgan fingerprint density at radius 2 is 1.00 bits per heavy atom. The molecule has 2 amide bonds. The molecule has 21 heteroatoms. The molecule has 1 aliphatic rings. The molecule has 0 radical (unpaired) electrons. The van der Waals surface area contributed by atoms with Gasteiger partial charge >= 0.3 is 24.2 Å². The standard InChI is InChI=1S/C43H78N2O19/c1-3-5-9-13-40(48)60-33-31-56-25-23-52-19-21-54-27-29-58-35-37(36-59-30-28-55-22-20-53-24-26-57-32-34-61-41(49)14-10-6-4-2)63-42(50)44-17-11-7-8-12-18-62-43(51)64-45-38(46)15-16-39(45)47/h37-38,46H,3-36H2,1-2H3,(H,44,50). The van der Waals surface area contributed by atoms with E-state index in [9.17, 15) is 29.1 Å². The van der Waals surface area contributed by atoms with Crippen molar-refractivity contribution in [2.24, 2.45) is 0 Å². The van der Waals surface area contributed by atoms with E-state index in [0.29, 0.717) is 123 Å². The molecule has 0 aromatic heterocycles. The topological polar surface area (TPSA) is 241 Å². The van der Waals surface area contributed by atoms with Gasteiger partial charge in [-0.25, -0.2) is 9.59 Å². The second-order valence-electron chi connectivity index (χ2n) is 14.5. The number of amides is 2. The van der Waals surface area contributed by atoms with Gasteiger partial charge in [0.25, 0.3) is 5.91 Å². The third-order valence-corrected chi connectivity index (χ3v) is 8.93. The maximum absolute atomic E-state index is 12.6. The molecule has 1 atom stereocenters. The van der Waals surface area contributed by atoms with Gasteiger partial charge in [0.1, 0.15) is 13.2 Å². The number of aliphatic hydroxyl groups is 1. The van der Waals surface area contributed by atoms with Crippen LogP contribution in [0.25, 0.3) is 0 Å². The fraction of sp³-hybridized carbons (Fsp3) is 0.884. The van der Waals surface area contributed by atoms with Gasteiger partial charge in [-0.05, 0) is 32.1 Å². The largest absolute Gasteiger partial charge is 0.533 e. The molecule has 1 heterocycles. The monoisotopic (exact) mass is 927 g/mol. The highest BCUT2D eigenvalue weighted by atomic mass is 16.8. The van der Waals surface area contributed by atoms with Crippen LogP contribution in [0, 0.1) is 0 Å². The summed E-state index contributed by atoms with van der Waals surface area (Å²) >= 11 is 0. The summed E-state index contributed by atoms with van der Waals surface area (Å²) in [5, 5.41) is 13.0. The Kier molecular flexibility index (Phi) is 39.8. The fourth-order valence-electron chi connectivity index (χ4n) is 5.46. The van der Waals surface area contributed by atoms with Crippen LogP contribution >= 0.6 is 0 Å². The minimum Gasteiger partial charge on any atom is -0.463 e. The maximum atomic E-state index is 12.6. The summed E-state index contributed by atoms with van der Waals surface area (Å²) in [6.45, 7) is 9.89. The molecule has 1 unspecified atom stereocenters. The lowest BCUT2D eigenvalue weighted by Crippen LogP contribution is -2.35. The zero-order valence-electron chi connectivity index (χ0n) is 38.4. The highest BCUT2D eigenvalue weighted by Crippen LogP contribution is 2.17. The van der Waals surface area contributed by atoms with E-state index in [1.807, 2.05) is 0 Å². The van der Waals surface area contributed by atoms with Crippen LogP contribution < -0.4 is 5.32 Å². The van der Waals surface area contributed by atoms with E-state index in [1.165, 1.54) is 0 Å². The van der Waals surface area contributed by atoms with E-state index in [-0.39, 0.29) is 71.0 Å². The molecule has 0 bridgehead atoms. The Morgan fingerprint density at radius 1 is 0.562 bits per heavy atom. The van der Waals surface area contributed by atoms with Gasteiger partial charge in [0, 0.05) is 32.2 Å². The predicted octanol–water partition coefficient (Wildman–Crippen LogP) is 4.03. The van der Waals surface area contributed by atoms with Gasteiger partial charge in [0.2, 0.25) is 0 Å². The lowest BCUT2D eigenvalue weighted by molar-refractivity contribution is -0.199. The predicted molar refractivity (Wildman–Crippen MR) is 228 cm³/mol. The van der Waals surface area contributed by atoms with E-state index in [0.717, 1.165) is 44.9 Å². The molecule has 1 fully saturated rings. The molecule has 2 N–H and O–H groups in total. The van der Waals surface area contributed by atoms with Crippen LogP contribution in [0.15, 0.2) is 0 Å². The molecule has 0 spiro atoms. The summed E-state index contributed by atoms with van der Waals surface area (Å²) in [5.41, 5.74) is 0. The van der Waals surface area contributed by atoms with Crippen LogP contribution in [0.4, 0.5) is 9.59 Å². The van der Waals surface area contributed by atoms with Crippen LogP contribution in [0.5, 0.6) is 0 Å². The van der Waals surface area contributed by atoms with Crippen molar-refractivity contribution in [3.63, 3.8) is 0 Å². The first kappa shape index (κ1) is 58.6. The summed E-state index contributed by atoms with van der Waals surface area (Å²) in [6, 6.07) is 0. The smallest absolute Gasteiger partial charge is 0.463 e. The number of carbonyl (C=O) groups excluding carboxylic acids is 5. The molecule has 0 aliphatic carbocycles. The van der Waals surface area contributed by atoms with E-state index in [4.69, 9.17) is 61.7 Å². The molecule has 21 nitrogen and oxygen atoms in total. The molecule has 0 saturated carbocycles. The molecular formula is C43H78N2O19. The van der Waals surface area contributed by atoms with E-state index in [1.54, 1.807) is 0 Å². The first-order chi connectivity index (χ1) is 31.3. The van der Waals surface area contributed by atoms with Gasteiger partial charge in [0.05, 0.1) is 112 Å². The first-order valence-electron chi connectivity index (χ1n) is 23.0. The van der Waals surface area contributed by atoms with Crippen molar-refractivity contribution in [3.8, 4) is 0 Å². The van der Waals surface area contributed by atoms with E-state index in [2.05, 4.69) is 19.2 Å². The average molecular weight is 927 g/mol. The van der Waals surface area contributed by atoms with Crippen LogP contribution in [-0.2, 0) is 76.1 Å². The molecule has 374 valence electrons. The molecule has 64 heavy (non-hydrogen) atoms. The number of alkyl carbamates (subject to hydrolysis) is 1. The summed E-state index contributed by atoms with van der Waals surface area (Å²) in [5.74, 6) is -0.883. The zero-order chi connectivity index (χ0) is 46.6. The second kappa shape index (κ2) is 43.5. The van der Waals surface area contributed by atoms with Crippen molar-refractivity contribution >= 4 is 30.1 Å². The van der Waals surface area contributed by atoms with Crippen molar-refractivity contribution < 1.29 is 90.8 Å². The third-order valence-electron chi connectivity index (χ3n) is 8.93. The number of nitrogens with zero attached hydrogens (tertiary/aromatic N) is 1. The molecule has 1 saturated heterocycles. The number of nitrogens with one attached hydrogen (secondary N) is 1. The third kappa shape index (κ3) is 36.9. The fourth-order valence-corrected chi connectivity index (χ4v) is 5.46. The molecule has 0 aromatic carbocycles. The second-order valence-corrected chi connectivity index (χ2v) is 14.5. The highest BCUT2D eigenvalue weighted by molar-refractivity contribution is 5.78. The Balaban J connectivity index is 2.20. The first-order valence-corrected chi connectivity index (χ1v) is 23.0. The van der Waals surface area contributed by atoms with E-state index < -0.39 is 30.5 Å². The quantitative estimate of drug-likeness (QED) is 0.0498. The van der Waals surface area contributed by atoms with Crippen LogP contribution in [0.2, 0.25) is 0 Å². The van der Waals surface area contributed by atoms with Crippen molar-refractivity contribution in [1.82, 2.24) is 10.4 Å². The summed E-state index contributed by atoms with van der Waals surface area (Å²) in [6.07, 6.45) is 6.09. The van der Waals surface area contributed by atoms with Crippen LogP contribution in [0.1, 0.15) is 104 Å². The lowest BCUT2D eigenvalue weighted by Gasteiger charge is -2.19. The summed E-state index contributed by atoms with van der Waals surface area (Å²) in [4.78, 5) is 63.8. The molecule has 1 aliphatic heterocycles. The molecular weight excluding hydrogens is 848 g/mol. The number of aliphatic hydroxyl groups excluding tert-OH is 1. The number of hydroxylamine groups is 2. The van der Waals surface area contributed by atoms with Crippen molar-refractivity contribution in [1.29, 1.82) is 0 Å². The number of hydrogen-bond acceptors (Lipinski definition) is 19. The molecule has 0 aromatic rings. The van der Waals surface area contributed by atoms with Gasteiger partial charge in [-0.1, -0.05) is 46.0 Å². The Morgan fingerprint density at radius 3 is 1.44 bits per heavy atom. The summed E-state index contributed by atoms with van der Waals surface area (Å²) in [7, 11) is 0. The number of unbranched alkanes of at least 4 members (excludes halogenated alkanes) is 7. The Labute approximate surface area is 378 Å². The average Bonchev–Trinajstić information content (AvgIpc) is 3.59. The van der Waals surface area contributed by atoms with Crippen molar-refractivity contribution in [2.45, 2.75) is 116 Å². The van der Waals surface area contributed by atoms with Gasteiger partial charge in [0.15, 0.2) is 12.3 Å². The Hall–Kier alpha value is -3.41. The maximum Gasteiger partial charge on any atom is 0.533 e. The van der Waals surface area contributed by atoms with Gasteiger partial charge in [-0.3, -0.25) is 14.4 Å². The van der Waals surface area contributed by atoms with Crippen LogP contribution in [0.3, 0.4) is 0 Å².